The summed E-state index contributed by atoms with van der Waals surface area (Å²) in [7, 11) is 0. The average Bonchev–Trinajstić information content (AvgIpc) is 2.43. The molecule has 120 valence electrons. The van der Waals surface area contributed by atoms with Crippen molar-refractivity contribution in [3.63, 3.8) is 0 Å². The molecule has 0 saturated carbocycles. The van der Waals surface area contributed by atoms with Crippen molar-refractivity contribution in [2.45, 2.75) is 52.0 Å². The van der Waals surface area contributed by atoms with Crippen molar-refractivity contribution in [1.29, 1.82) is 0 Å². The zero-order valence-corrected chi connectivity index (χ0v) is 13.6. The molecule has 0 saturated heterocycles. The molecule has 2 rings (SSSR count). The van der Waals surface area contributed by atoms with Crippen molar-refractivity contribution in [3.05, 3.63) is 29.3 Å². The van der Waals surface area contributed by atoms with E-state index in [1.54, 1.807) is 0 Å². The van der Waals surface area contributed by atoms with Crippen LogP contribution in [0, 0.1) is 0 Å². The van der Waals surface area contributed by atoms with Crippen LogP contribution in [0.25, 0.3) is 0 Å². The number of imide groups is 1. The van der Waals surface area contributed by atoms with Gasteiger partial charge in [0.2, 0.25) is 5.91 Å². The first-order chi connectivity index (χ1) is 10.3. The molecule has 0 bridgehead atoms. The summed E-state index contributed by atoms with van der Waals surface area (Å²) >= 11 is 0. The fourth-order valence-electron chi connectivity index (χ4n) is 2.67. The Morgan fingerprint density at radius 1 is 1.14 bits per heavy atom. The molecule has 0 atom stereocenters. The van der Waals surface area contributed by atoms with Gasteiger partial charge < -0.3 is 10.6 Å². The predicted octanol–water partition coefficient (Wildman–Crippen LogP) is 2.60. The maximum atomic E-state index is 11.8. The Balaban J connectivity index is 1.88. The second-order valence-electron chi connectivity index (χ2n) is 6.76. The van der Waals surface area contributed by atoms with Crippen LogP contribution in [0.3, 0.4) is 0 Å². The first-order valence-electron chi connectivity index (χ1n) is 7.82. The number of carbonyl (C=O) groups excluding carboxylic acids is 2. The SMILES string of the molecule is CC(C)(C)NC(=O)NC(=O)CNc1cccc2c1CCCC2. The summed E-state index contributed by atoms with van der Waals surface area (Å²) in [6, 6.07) is 5.69. The standard InChI is InChI=1S/C17H25N3O2/c1-17(2,3)20-16(22)19-15(21)11-18-14-10-6-8-12-7-4-5-9-13(12)14/h6,8,10,18H,4-5,7,9,11H2,1-3H3,(H2,19,20,21,22). The van der Waals surface area contributed by atoms with Gasteiger partial charge in [-0.15, -0.1) is 0 Å². The zero-order chi connectivity index (χ0) is 16.2. The highest BCUT2D eigenvalue weighted by Crippen LogP contribution is 2.27. The molecule has 0 heterocycles. The Morgan fingerprint density at radius 2 is 1.86 bits per heavy atom. The molecule has 1 aromatic carbocycles. The molecule has 1 aliphatic rings. The molecular weight excluding hydrogens is 278 g/mol. The summed E-state index contributed by atoms with van der Waals surface area (Å²) in [6.45, 7) is 5.69. The Morgan fingerprint density at radius 3 is 2.59 bits per heavy atom. The van der Waals surface area contributed by atoms with E-state index in [0.29, 0.717) is 0 Å². The van der Waals surface area contributed by atoms with E-state index in [0.717, 1.165) is 18.5 Å². The maximum absolute atomic E-state index is 11.8. The Kier molecular flexibility index (Phi) is 5.06. The van der Waals surface area contributed by atoms with Gasteiger partial charge in [-0.05, 0) is 63.6 Å². The van der Waals surface area contributed by atoms with Crippen LogP contribution in [0.15, 0.2) is 18.2 Å². The van der Waals surface area contributed by atoms with Gasteiger partial charge in [-0.2, -0.15) is 0 Å². The summed E-state index contributed by atoms with van der Waals surface area (Å²) in [5, 5.41) is 8.18. The minimum atomic E-state index is -0.464. The van der Waals surface area contributed by atoms with Gasteiger partial charge in [-0.1, -0.05) is 12.1 Å². The highest BCUT2D eigenvalue weighted by molar-refractivity contribution is 5.96. The lowest BCUT2D eigenvalue weighted by molar-refractivity contribution is -0.118. The molecule has 3 N–H and O–H groups in total. The van der Waals surface area contributed by atoms with E-state index in [1.807, 2.05) is 32.9 Å². The zero-order valence-electron chi connectivity index (χ0n) is 13.6. The number of aryl methyl sites for hydroxylation is 1. The molecule has 5 heteroatoms. The fourth-order valence-corrected chi connectivity index (χ4v) is 2.67. The largest absolute Gasteiger partial charge is 0.376 e. The van der Waals surface area contributed by atoms with Gasteiger partial charge in [0.25, 0.3) is 0 Å². The quantitative estimate of drug-likeness (QED) is 0.804. The van der Waals surface area contributed by atoms with Gasteiger partial charge in [0.1, 0.15) is 0 Å². The van der Waals surface area contributed by atoms with Crippen LogP contribution in [-0.4, -0.2) is 24.0 Å². The Bertz CT molecular complexity index is 562. The van der Waals surface area contributed by atoms with Crippen molar-refractivity contribution in [2.24, 2.45) is 0 Å². The number of carbonyl (C=O) groups is 2. The molecule has 1 aliphatic carbocycles. The molecule has 22 heavy (non-hydrogen) atoms. The molecule has 0 spiro atoms. The number of nitrogens with one attached hydrogen (secondary N) is 3. The van der Waals surface area contributed by atoms with Crippen LogP contribution in [-0.2, 0) is 17.6 Å². The minimum absolute atomic E-state index is 0.0913. The fraction of sp³-hybridized carbons (Fsp3) is 0.529. The number of benzene rings is 1. The van der Waals surface area contributed by atoms with Gasteiger partial charge in [-0.25, -0.2) is 4.79 Å². The number of hydrogen-bond acceptors (Lipinski definition) is 3. The molecule has 1 aromatic rings. The van der Waals surface area contributed by atoms with Crippen LogP contribution in [0.1, 0.15) is 44.7 Å². The molecular formula is C17H25N3O2. The molecule has 0 unspecified atom stereocenters. The van der Waals surface area contributed by atoms with Crippen LogP contribution in [0.5, 0.6) is 0 Å². The van der Waals surface area contributed by atoms with Gasteiger partial charge in [-0.3, -0.25) is 10.1 Å². The molecule has 3 amide bonds. The summed E-state index contributed by atoms with van der Waals surface area (Å²) in [4.78, 5) is 23.5. The van der Waals surface area contributed by atoms with Crippen molar-refractivity contribution in [2.75, 3.05) is 11.9 Å². The average molecular weight is 303 g/mol. The molecule has 0 fully saturated rings. The molecule has 5 nitrogen and oxygen atoms in total. The van der Waals surface area contributed by atoms with Crippen molar-refractivity contribution in [3.8, 4) is 0 Å². The van der Waals surface area contributed by atoms with Gasteiger partial charge >= 0.3 is 6.03 Å². The third-order valence-corrected chi connectivity index (χ3v) is 3.58. The van der Waals surface area contributed by atoms with Crippen LogP contribution in [0.4, 0.5) is 10.5 Å². The van der Waals surface area contributed by atoms with Crippen LogP contribution >= 0.6 is 0 Å². The Hall–Kier alpha value is -2.04. The third kappa shape index (κ3) is 4.76. The second kappa shape index (κ2) is 6.81. The van der Waals surface area contributed by atoms with E-state index < -0.39 is 6.03 Å². The molecule has 0 radical (unpaired) electrons. The normalized spacial score (nSPS) is 14.0. The van der Waals surface area contributed by atoms with E-state index in [1.165, 1.54) is 24.0 Å². The minimum Gasteiger partial charge on any atom is -0.376 e. The lowest BCUT2D eigenvalue weighted by atomic mass is 9.90. The second-order valence-corrected chi connectivity index (χ2v) is 6.76. The summed E-state index contributed by atoms with van der Waals surface area (Å²) < 4.78 is 0. The van der Waals surface area contributed by atoms with E-state index in [4.69, 9.17) is 0 Å². The van der Waals surface area contributed by atoms with Crippen molar-refractivity contribution < 1.29 is 9.59 Å². The first kappa shape index (κ1) is 16.3. The highest BCUT2D eigenvalue weighted by atomic mass is 16.2. The molecule has 0 aliphatic heterocycles. The van der Waals surface area contributed by atoms with Gasteiger partial charge in [0.15, 0.2) is 0 Å². The molecule has 0 aromatic heterocycles. The van der Waals surface area contributed by atoms with Gasteiger partial charge in [0, 0.05) is 11.2 Å². The summed E-state index contributed by atoms with van der Waals surface area (Å²) in [5.74, 6) is -0.338. The lowest BCUT2D eigenvalue weighted by Crippen LogP contribution is -2.49. The monoisotopic (exact) mass is 303 g/mol. The summed E-state index contributed by atoms with van der Waals surface area (Å²) in [5.41, 5.74) is 3.31. The third-order valence-electron chi connectivity index (χ3n) is 3.58. The van der Waals surface area contributed by atoms with E-state index in [9.17, 15) is 9.59 Å². The maximum Gasteiger partial charge on any atom is 0.321 e. The van der Waals surface area contributed by atoms with E-state index >= 15 is 0 Å². The number of fused-ring (bicyclic) bond motifs is 1. The smallest absolute Gasteiger partial charge is 0.321 e. The Labute approximate surface area is 131 Å². The topological polar surface area (TPSA) is 70.2 Å². The number of anilines is 1. The lowest BCUT2D eigenvalue weighted by Gasteiger charge is -2.21. The summed E-state index contributed by atoms with van der Waals surface area (Å²) in [6.07, 6.45) is 4.56. The highest BCUT2D eigenvalue weighted by Gasteiger charge is 2.16. The van der Waals surface area contributed by atoms with Gasteiger partial charge in [0.05, 0.1) is 6.54 Å². The van der Waals surface area contributed by atoms with E-state index in [-0.39, 0.29) is 18.0 Å². The first-order valence-corrected chi connectivity index (χ1v) is 7.82. The van der Waals surface area contributed by atoms with Crippen LogP contribution < -0.4 is 16.0 Å². The van der Waals surface area contributed by atoms with Crippen molar-refractivity contribution >= 4 is 17.6 Å². The number of urea groups is 1. The van der Waals surface area contributed by atoms with Crippen molar-refractivity contribution in [1.82, 2.24) is 10.6 Å². The van der Waals surface area contributed by atoms with Crippen LogP contribution in [0.2, 0.25) is 0 Å². The predicted molar refractivity (Wildman–Crippen MR) is 88.0 cm³/mol. The number of amides is 3. The van der Waals surface area contributed by atoms with E-state index in [2.05, 4.69) is 22.0 Å². The number of rotatable bonds is 3. The number of hydrogen-bond donors (Lipinski definition) is 3.